The summed E-state index contributed by atoms with van der Waals surface area (Å²) >= 11 is 0. The molecule has 6 nitrogen and oxygen atoms in total. The van der Waals surface area contributed by atoms with Gasteiger partial charge in [-0.25, -0.2) is 0 Å². The van der Waals surface area contributed by atoms with Crippen LogP contribution in [0.5, 0.6) is 0 Å². The summed E-state index contributed by atoms with van der Waals surface area (Å²) in [6.07, 6.45) is -3.70. The van der Waals surface area contributed by atoms with Crippen LogP contribution in [0.25, 0.3) is 0 Å². The quantitative estimate of drug-likeness (QED) is 0.620. The number of carbonyl (C=O) groups excluding carboxylic acids is 2. The number of rotatable bonds is 9. The Labute approximate surface area is 121 Å². The lowest BCUT2D eigenvalue weighted by molar-refractivity contribution is -0.152. The molecule has 0 aliphatic rings. The first kappa shape index (κ1) is 19.7. The highest BCUT2D eigenvalue weighted by Crippen LogP contribution is 2.16. The molecule has 0 rings (SSSR count). The van der Waals surface area contributed by atoms with E-state index in [1.807, 2.05) is 6.92 Å². The van der Waals surface area contributed by atoms with E-state index < -0.39 is 31.8 Å². The van der Waals surface area contributed by atoms with Crippen LogP contribution in [0.4, 0.5) is 13.2 Å². The molecule has 2 N–H and O–H groups in total. The third-order valence-electron chi connectivity index (χ3n) is 2.56. The van der Waals surface area contributed by atoms with E-state index >= 15 is 0 Å². The second-order valence-corrected chi connectivity index (χ2v) is 4.65. The molecule has 0 aliphatic carbocycles. The molecule has 0 saturated heterocycles. The zero-order valence-corrected chi connectivity index (χ0v) is 12.2. The smallest absolute Gasteiger partial charge is 0.395 e. The van der Waals surface area contributed by atoms with Gasteiger partial charge >= 0.3 is 6.18 Å². The molecular weight excluding hydrogens is 291 g/mol. The molecule has 0 aromatic heterocycles. The maximum Gasteiger partial charge on any atom is 0.401 e. The number of alkyl halides is 3. The Morgan fingerprint density at radius 1 is 1.24 bits per heavy atom. The molecule has 0 unspecified atom stereocenters. The molecule has 0 spiro atoms. The van der Waals surface area contributed by atoms with Gasteiger partial charge in [0.2, 0.25) is 11.8 Å². The monoisotopic (exact) mass is 313 g/mol. The van der Waals surface area contributed by atoms with Gasteiger partial charge in [0.1, 0.15) is 0 Å². The average molecular weight is 313 g/mol. The number of nitrogens with one attached hydrogen (secondary N) is 1. The summed E-state index contributed by atoms with van der Waals surface area (Å²) in [7, 11) is 1.35. The lowest BCUT2D eigenvalue weighted by atomic mass is 10.4. The van der Waals surface area contributed by atoms with Crippen LogP contribution in [0.1, 0.15) is 13.3 Å². The zero-order chi connectivity index (χ0) is 16.5. The van der Waals surface area contributed by atoms with Crippen molar-refractivity contribution >= 4 is 11.8 Å². The fourth-order valence-corrected chi connectivity index (χ4v) is 1.54. The summed E-state index contributed by atoms with van der Waals surface area (Å²) in [4.78, 5) is 25.1. The van der Waals surface area contributed by atoms with E-state index in [0.717, 1.165) is 16.2 Å². The molecule has 124 valence electrons. The van der Waals surface area contributed by atoms with Crippen LogP contribution in [-0.4, -0.2) is 79.3 Å². The first-order valence-electron chi connectivity index (χ1n) is 6.60. The van der Waals surface area contributed by atoms with Gasteiger partial charge in [0, 0.05) is 20.1 Å². The first-order chi connectivity index (χ1) is 9.69. The van der Waals surface area contributed by atoms with Crippen LogP contribution in [0.2, 0.25) is 0 Å². The molecule has 0 bridgehead atoms. The zero-order valence-electron chi connectivity index (χ0n) is 12.2. The number of hydrogen-bond donors (Lipinski definition) is 2. The minimum absolute atomic E-state index is 0.210. The van der Waals surface area contributed by atoms with Gasteiger partial charge in [-0.15, -0.1) is 0 Å². The number of halogens is 3. The largest absolute Gasteiger partial charge is 0.401 e. The maximum atomic E-state index is 12.3. The molecular formula is C12H22F3N3O3. The van der Waals surface area contributed by atoms with Gasteiger partial charge in [-0.3, -0.25) is 14.5 Å². The van der Waals surface area contributed by atoms with Crippen LogP contribution in [-0.2, 0) is 9.59 Å². The van der Waals surface area contributed by atoms with Crippen molar-refractivity contribution in [2.24, 2.45) is 0 Å². The van der Waals surface area contributed by atoms with Crippen LogP contribution >= 0.6 is 0 Å². The molecule has 0 aromatic carbocycles. The second-order valence-electron chi connectivity index (χ2n) is 4.65. The Kier molecular flexibility index (Phi) is 8.95. The van der Waals surface area contributed by atoms with Gasteiger partial charge in [-0.1, -0.05) is 6.92 Å². The third-order valence-corrected chi connectivity index (χ3v) is 2.56. The molecule has 0 atom stereocenters. The molecule has 2 amide bonds. The van der Waals surface area contributed by atoms with E-state index in [1.165, 1.54) is 7.05 Å². The highest BCUT2D eigenvalue weighted by atomic mass is 19.4. The van der Waals surface area contributed by atoms with Gasteiger partial charge in [0.15, 0.2) is 0 Å². The van der Waals surface area contributed by atoms with Crippen molar-refractivity contribution in [1.82, 2.24) is 15.1 Å². The second kappa shape index (κ2) is 9.56. The number of nitrogens with zero attached hydrogens (tertiary/aromatic N) is 2. The highest BCUT2D eigenvalue weighted by molar-refractivity contribution is 5.85. The van der Waals surface area contributed by atoms with Gasteiger partial charge in [0.25, 0.3) is 0 Å². The first-order valence-corrected chi connectivity index (χ1v) is 6.60. The average Bonchev–Trinajstić information content (AvgIpc) is 2.34. The summed E-state index contributed by atoms with van der Waals surface area (Å²) in [6.45, 7) is -0.388. The van der Waals surface area contributed by atoms with Crippen molar-refractivity contribution in [3.8, 4) is 0 Å². The summed E-state index contributed by atoms with van der Waals surface area (Å²) in [6, 6.07) is 0. The minimum Gasteiger partial charge on any atom is -0.395 e. The van der Waals surface area contributed by atoms with E-state index in [0.29, 0.717) is 6.54 Å². The number of aliphatic hydroxyl groups is 1. The van der Waals surface area contributed by atoms with Crippen molar-refractivity contribution in [3.05, 3.63) is 0 Å². The molecule has 0 heterocycles. The predicted molar refractivity (Wildman–Crippen MR) is 70.5 cm³/mol. The molecule has 0 radical (unpaired) electrons. The Balaban J connectivity index is 4.36. The number of carbonyl (C=O) groups is 2. The molecule has 0 aliphatic heterocycles. The van der Waals surface area contributed by atoms with Crippen molar-refractivity contribution in [2.75, 3.05) is 46.4 Å². The normalized spacial score (nSPS) is 11.6. The van der Waals surface area contributed by atoms with Crippen LogP contribution in [0, 0.1) is 0 Å². The van der Waals surface area contributed by atoms with Crippen molar-refractivity contribution < 1.29 is 27.9 Å². The number of likely N-dealkylation sites (N-methyl/N-ethyl adjacent to an activating group) is 1. The van der Waals surface area contributed by atoms with Gasteiger partial charge in [-0.05, 0) is 6.42 Å². The van der Waals surface area contributed by atoms with Crippen LogP contribution in [0.15, 0.2) is 0 Å². The summed E-state index contributed by atoms with van der Waals surface area (Å²) in [5.41, 5.74) is 0. The van der Waals surface area contributed by atoms with Crippen molar-refractivity contribution in [1.29, 1.82) is 0 Å². The minimum atomic E-state index is -4.45. The van der Waals surface area contributed by atoms with Crippen LogP contribution < -0.4 is 5.32 Å². The van der Waals surface area contributed by atoms with Crippen molar-refractivity contribution in [3.63, 3.8) is 0 Å². The standard InChI is InChI=1S/C12H22F3N3O3/c1-3-4-16-10(20)7-17(2)11(21)8-18(5-6-19)9-12(13,14)15/h19H,3-9H2,1-2H3,(H,16,20). The number of aliphatic hydroxyl groups excluding tert-OH is 1. The topological polar surface area (TPSA) is 72.9 Å². The maximum absolute atomic E-state index is 12.3. The lowest BCUT2D eigenvalue weighted by Gasteiger charge is -2.25. The Hall–Kier alpha value is -1.35. The van der Waals surface area contributed by atoms with E-state index in [2.05, 4.69) is 5.32 Å². The molecule has 21 heavy (non-hydrogen) atoms. The fourth-order valence-electron chi connectivity index (χ4n) is 1.54. The summed E-state index contributed by atoms with van der Waals surface area (Å²) < 4.78 is 37.0. The Morgan fingerprint density at radius 3 is 2.33 bits per heavy atom. The fraction of sp³-hybridized carbons (Fsp3) is 0.833. The highest BCUT2D eigenvalue weighted by Gasteiger charge is 2.31. The van der Waals surface area contributed by atoms with E-state index in [1.54, 1.807) is 0 Å². The van der Waals surface area contributed by atoms with E-state index in [9.17, 15) is 22.8 Å². The molecule has 0 saturated carbocycles. The summed E-state index contributed by atoms with van der Waals surface area (Å²) in [5.74, 6) is -0.975. The van der Waals surface area contributed by atoms with E-state index in [4.69, 9.17) is 5.11 Å². The SMILES string of the molecule is CCCNC(=O)CN(C)C(=O)CN(CCO)CC(F)(F)F. The Bertz CT molecular complexity index is 337. The summed E-state index contributed by atoms with van der Waals surface area (Å²) in [5, 5.41) is 11.3. The molecule has 0 fully saturated rings. The van der Waals surface area contributed by atoms with Gasteiger partial charge < -0.3 is 15.3 Å². The third kappa shape index (κ3) is 10.1. The van der Waals surface area contributed by atoms with Crippen LogP contribution in [0.3, 0.4) is 0 Å². The molecule has 9 heteroatoms. The lowest BCUT2D eigenvalue weighted by Crippen LogP contribution is -2.46. The number of hydrogen-bond acceptors (Lipinski definition) is 4. The van der Waals surface area contributed by atoms with E-state index in [-0.39, 0.29) is 19.0 Å². The van der Waals surface area contributed by atoms with Gasteiger partial charge in [-0.2, -0.15) is 13.2 Å². The Morgan fingerprint density at radius 2 is 1.86 bits per heavy atom. The number of amides is 2. The van der Waals surface area contributed by atoms with Gasteiger partial charge in [0.05, 0.1) is 26.2 Å². The van der Waals surface area contributed by atoms with Crippen molar-refractivity contribution in [2.45, 2.75) is 19.5 Å². The predicted octanol–water partition coefficient (Wildman–Crippen LogP) is -0.172. The molecule has 0 aromatic rings.